The second-order valence-electron chi connectivity index (χ2n) is 5.22. The van der Waals surface area contributed by atoms with Crippen molar-refractivity contribution in [1.29, 1.82) is 0 Å². The van der Waals surface area contributed by atoms with Crippen molar-refractivity contribution in [3.05, 3.63) is 52.1 Å². The van der Waals surface area contributed by atoms with E-state index in [2.05, 4.69) is 0 Å². The molecule has 0 N–H and O–H groups in total. The van der Waals surface area contributed by atoms with E-state index in [4.69, 9.17) is 14.2 Å². The molecule has 2 aromatic rings. The summed E-state index contributed by atoms with van der Waals surface area (Å²) in [5, 5.41) is 0. The molecule has 0 unspecified atom stereocenters. The molecule has 3 rings (SSSR count). The van der Waals surface area contributed by atoms with Crippen LogP contribution < -0.4 is 14.2 Å². The van der Waals surface area contributed by atoms with Crippen LogP contribution in [-0.4, -0.2) is 32.9 Å². The Balaban J connectivity index is 2.35. The van der Waals surface area contributed by atoms with E-state index < -0.39 is 0 Å². The number of benzene rings is 2. The topological polar surface area (TPSA) is 61.8 Å². The maximum Gasteiger partial charge on any atom is 0.198 e. The summed E-state index contributed by atoms with van der Waals surface area (Å²) in [5.41, 5.74) is 1.95. The lowest BCUT2D eigenvalue weighted by Gasteiger charge is -2.23. The zero-order valence-electron chi connectivity index (χ0n) is 13.4. The molecule has 0 saturated carbocycles. The fraction of sp³-hybridized carbons (Fsp3) is 0.222. The minimum Gasteiger partial charge on any atom is -0.496 e. The van der Waals surface area contributed by atoms with Gasteiger partial charge in [-0.1, -0.05) is 6.07 Å². The highest BCUT2D eigenvalue weighted by molar-refractivity contribution is 6.30. The van der Waals surface area contributed by atoms with Crippen LogP contribution in [0.3, 0.4) is 0 Å². The Kier molecular flexibility index (Phi) is 3.56. The zero-order chi connectivity index (χ0) is 16.7. The van der Waals surface area contributed by atoms with Gasteiger partial charge in [0.2, 0.25) is 0 Å². The van der Waals surface area contributed by atoms with E-state index in [0.29, 0.717) is 28.2 Å². The van der Waals surface area contributed by atoms with Gasteiger partial charge in [-0.3, -0.25) is 9.59 Å². The highest BCUT2D eigenvalue weighted by atomic mass is 16.5. The Hall–Kier alpha value is -2.82. The molecule has 0 heterocycles. The minimum atomic E-state index is -0.274. The van der Waals surface area contributed by atoms with Gasteiger partial charge in [-0.05, 0) is 30.7 Å². The van der Waals surface area contributed by atoms with Crippen molar-refractivity contribution in [2.45, 2.75) is 6.92 Å². The zero-order valence-corrected chi connectivity index (χ0v) is 13.4. The van der Waals surface area contributed by atoms with Crippen LogP contribution in [0, 0.1) is 6.92 Å². The van der Waals surface area contributed by atoms with E-state index in [9.17, 15) is 9.59 Å². The summed E-state index contributed by atoms with van der Waals surface area (Å²) >= 11 is 0. The smallest absolute Gasteiger partial charge is 0.198 e. The minimum absolute atomic E-state index is 0.232. The number of ether oxygens (including phenoxy) is 3. The van der Waals surface area contributed by atoms with Gasteiger partial charge in [0.15, 0.2) is 23.1 Å². The number of hydrogen-bond donors (Lipinski definition) is 0. The molecule has 0 aromatic heterocycles. The first-order valence-electron chi connectivity index (χ1n) is 7.07. The molecule has 2 aromatic carbocycles. The van der Waals surface area contributed by atoms with Crippen LogP contribution in [0.1, 0.15) is 37.4 Å². The van der Waals surface area contributed by atoms with Gasteiger partial charge >= 0.3 is 0 Å². The number of carbonyl (C=O) groups is 2. The first-order chi connectivity index (χ1) is 11.0. The summed E-state index contributed by atoms with van der Waals surface area (Å²) < 4.78 is 15.9. The highest BCUT2D eigenvalue weighted by Gasteiger charge is 2.36. The molecule has 1 aliphatic rings. The Morgan fingerprint density at radius 2 is 1.22 bits per heavy atom. The summed E-state index contributed by atoms with van der Waals surface area (Å²) in [5.74, 6) is 0.588. The van der Waals surface area contributed by atoms with Crippen molar-refractivity contribution in [3.8, 4) is 17.2 Å². The van der Waals surface area contributed by atoms with Gasteiger partial charge in [-0.25, -0.2) is 0 Å². The monoisotopic (exact) mass is 312 g/mol. The van der Waals surface area contributed by atoms with E-state index >= 15 is 0 Å². The molecule has 0 aliphatic heterocycles. The van der Waals surface area contributed by atoms with E-state index in [1.165, 1.54) is 21.3 Å². The third-order valence-electron chi connectivity index (χ3n) is 4.05. The van der Waals surface area contributed by atoms with Crippen LogP contribution >= 0.6 is 0 Å². The summed E-state index contributed by atoms with van der Waals surface area (Å²) in [7, 11) is 4.42. The lowest BCUT2D eigenvalue weighted by atomic mass is 9.82. The molecule has 5 nitrogen and oxygen atoms in total. The predicted octanol–water partition coefficient (Wildman–Crippen LogP) is 2.80. The number of rotatable bonds is 3. The number of hydrogen-bond acceptors (Lipinski definition) is 5. The largest absolute Gasteiger partial charge is 0.496 e. The summed E-state index contributed by atoms with van der Waals surface area (Å²) in [6.45, 7) is 1.83. The lowest BCUT2D eigenvalue weighted by Crippen LogP contribution is -2.23. The van der Waals surface area contributed by atoms with Gasteiger partial charge in [0, 0.05) is 11.1 Å². The van der Waals surface area contributed by atoms with Crippen molar-refractivity contribution in [2.75, 3.05) is 21.3 Å². The molecule has 0 bridgehead atoms. The molecule has 0 atom stereocenters. The summed E-state index contributed by atoms with van der Waals surface area (Å²) in [6, 6.07) is 6.62. The molecule has 23 heavy (non-hydrogen) atoms. The van der Waals surface area contributed by atoms with Gasteiger partial charge in [0.05, 0.1) is 32.5 Å². The first kappa shape index (κ1) is 15.1. The van der Waals surface area contributed by atoms with E-state index in [0.717, 1.165) is 5.56 Å². The van der Waals surface area contributed by atoms with Crippen molar-refractivity contribution in [3.63, 3.8) is 0 Å². The number of aryl methyl sites for hydroxylation is 1. The normalized spacial score (nSPS) is 12.5. The van der Waals surface area contributed by atoms with E-state index in [1.54, 1.807) is 24.3 Å². The van der Waals surface area contributed by atoms with Crippen LogP contribution in [0.2, 0.25) is 0 Å². The van der Waals surface area contributed by atoms with Crippen molar-refractivity contribution < 1.29 is 23.8 Å². The Bertz CT molecular complexity index is 836. The van der Waals surface area contributed by atoms with Crippen LogP contribution in [-0.2, 0) is 0 Å². The van der Waals surface area contributed by atoms with Gasteiger partial charge < -0.3 is 14.2 Å². The standard InChI is InChI=1S/C18H16O5/c1-9-5-6-10-13(17(9)22-3)15(19)11-7-8-12(21-2)18(23-4)14(11)16(10)20/h5-8H,1-4H3. The molecule has 5 heteroatoms. The molecule has 0 saturated heterocycles. The molecular formula is C18H16O5. The van der Waals surface area contributed by atoms with Crippen LogP contribution in [0.5, 0.6) is 17.2 Å². The Labute approximate surface area is 133 Å². The third kappa shape index (κ3) is 2.00. The fourth-order valence-corrected chi connectivity index (χ4v) is 2.98. The third-order valence-corrected chi connectivity index (χ3v) is 4.05. The second-order valence-corrected chi connectivity index (χ2v) is 5.22. The second kappa shape index (κ2) is 5.43. The van der Waals surface area contributed by atoms with Crippen molar-refractivity contribution in [1.82, 2.24) is 0 Å². The lowest BCUT2D eigenvalue weighted by molar-refractivity contribution is 0.0973. The molecule has 0 radical (unpaired) electrons. The average Bonchev–Trinajstić information content (AvgIpc) is 2.57. The van der Waals surface area contributed by atoms with Gasteiger partial charge in [0.25, 0.3) is 0 Å². The maximum atomic E-state index is 12.9. The number of ketones is 2. The molecule has 1 aliphatic carbocycles. The SMILES string of the molecule is COc1ccc2c(c1OC)C(=O)c1ccc(C)c(OC)c1C2=O. The fourth-order valence-electron chi connectivity index (χ4n) is 2.98. The molecule has 0 spiro atoms. The van der Waals surface area contributed by atoms with E-state index in [1.807, 2.05) is 6.92 Å². The first-order valence-corrected chi connectivity index (χ1v) is 7.07. The van der Waals surface area contributed by atoms with Gasteiger partial charge in [0.1, 0.15) is 5.75 Å². The predicted molar refractivity (Wildman–Crippen MR) is 84.1 cm³/mol. The number of methoxy groups -OCH3 is 3. The van der Waals surface area contributed by atoms with Crippen molar-refractivity contribution >= 4 is 11.6 Å². The molecule has 0 amide bonds. The summed E-state index contributed by atoms with van der Waals surface area (Å²) in [4.78, 5) is 25.9. The maximum absolute atomic E-state index is 12.9. The Morgan fingerprint density at radius 1 is 0.696 bits per heavy atom. The van der Waals surface area contributed by atoms with Crippen LogP contribution in [0.4, 0.5) is 0 Å². The van der Waals surface area contributed by atoms with Gasteiger partial charge in [-0.2, -0.15) is 0 Å². The Morgan fingerprint density at radius 3 is 1.74 bits per heavy atom. The average molecular weight is 312 g/mol. The van der Waals surface area contributed by atoms with Crippen LogP contribution in [0.15, 0.2) is 24.3 Å². The highest BCUT2D eigenvalue weighted by Crippen LogP contribution is 2.41. The quantitative estimate of drug-likeness (QED) is 0.744. The van der Waals surface area contributed by atoms with Crippen molar-refractivity contribution in [2.24, 2.45) is 0 Å². The van der Waals surface area contributed by atoms with Crippen LogP contribution in [0.25, 0.3) is 0 Å². The molecule has 0 fully saturated rings. The van der Waals surface area contributed by atoms with Gasteiger partial charge in [-0.15, -0.1) is 0 Å². The molecule has 118 valence electrons. The molecular weight excluding hydrogens is 296 g/mol. The van der Waals surface area contributed by atoms with E-state index in [-0.39, 0.29) is 22.9 Å². The number of carbonyl (C=O) groups excluding carboxylic acids is 2. The summed E-state index contributed by atoms with van der Waals surface area (Å²) in [6.07, 6.45) is 0. The number of fused-ring (bicyclic) bond motifs is 2.